The molecule has 24 heavy (non-hydrogen) atoms. The molecule has 0 aliphatic heterocycles. The largest absolute Gasteiger partial charge is 0.337 e. The summed E-state index contributed by atoms with van der Waals surface area (Å²) in [4.78, 5) is 21.0. The Morgan fingerprint density at radius 1 is 1.17 bits per heavy atom. The molecular formula is C16H18N6OS. The van der Waals surface area contributed by atoms with Crippen LogP contribution in [0.3, 0.4) is 0 Å². The van der Waals surface area contributed by atoms with E-state index in [1.54, 1.807) is 18.6 Å². The number of hydrogen-bond donors (Lipinski definition) is 0. The van der Waals surface area contributed by atoms with Crippen molar-refractivity contribution in [3.05, 3.63) is 40.1 Å². The van der Waals surface area contributed by atoms with Crippen molar-refractivity contribution in [1.82, 2.24) is 30.0 Å². The summed E-state index contributed by atoms with van der Waals surface area (Å²) >= 11 is 1.84. The summed E-state index contributed by atoms with van der Waals surface area (Å²) in [6, 6.07) is 0. The van der Waals surface area contributed by atoms with Gasteiger partial charge in [-0.25, -0.2) is 9.97 Å². The maximum atomic E-state index is 5.32. The van der Waals surface area contributed by atoms with E-state index in [1.165, 1.54) is 29.8 Å². The average molecular weight is 342 g/mol. The minimum atomic E-state index is 0.469. The van der Waals surface area contributed by atoms with E-state index in [0.717, 1.165) is 18.0 Å². The van der Waals surface area contributed by atoms with Crippen molar-refractivity contribution in [2.45, 2.75) is 38.8 Å². The highest BCUT2D eigenvalue weighted by Gasteiger charge is 2.17. The quantitative estimate of drug-likeness (QED) is 0.704. The Hall–Kier alpha value is -2.19. The molecule has 3 heterocycles. The van der Waals surface area contributed by atoms with Crippen LogP contribution < -0.4 is 0 Å². The van der Waals surface area contributed by atoms with Gasteiger partial charge in [0.05, 0.1) is 25.0 Å². The van der Waals surface area contributed by atoms with Crippen molar-refractivity contribution in [1.29, 1.82) is 0 Å². The van der Waals surface area contributed by atoms with Gasteiger partial charge in [0.15, 0.2) is 0 Å². The monoisotopic (exact) mass is 342 g/mol. The number of nitrogens with zero attached hydrogens (tertiary/aromatic N) is 6. The average Bonchev–Trinajstić information content (AvgIpc) is 3.21. The zero-order chi connectivity index (χ0) is 16.4. The third kappa shape index (κ3) is 3.34. The number of hydrogen-bond acceptors (Lipinski definition) is 8. The zero-order valence-corrected chi connectivity index (χ0v) is 14.3. The van der Waals surface area contributed by atoms with Gasteiger partial charge in [0.1, 0.15) is 10.7 Å². The van der Waals surface area contributed by atoms with E-state index < -0.39 is 0 Å². The van der Waals surface area contributed by atoms with Crippen LogP contribution in [-0.4, -0.2) is 37.0 Å². The SMILES string of the molecule is CN(Cc1nc(-c2cnccn2)no1)Cc1nc2c(s1)CCCC2. The molecule has 0 fully saturated rings. The van der Waals surface area contributed by atoms with Crippen LogP contribution in [0.25, 0.3) is 11.5 Å². The van der Waals surface area contributed by atoms with E-state index >= 15 is 0 Å². The molecule has 4 rings (SSSR count). The molecule has 0 atom stereocenters. The lowest BCUT2D eigenvalue weighted by Crippen LogP contribution is -2.17. The lowest BCUT2D eigenvalue weighted by atomic mass is 10.0. The number of aromatic nitrogens is 5. The molecule has 0 N–H and O–H groups in total. The van der Waals surface area contributed by atoms with E-state index in [4.69, 9.17) is 9.51 Å². The van der Waals surface area contributed by atoms with Gasteiger partial charge in [-0.3, -0.25) is 9.88 Å². The lowest BCUT2D eigenvalue weighted by Gasteiger charge is -2.11. The van der Waals surface area contributed by atoms with Crippen molar-refractivity contribution in [3.8, 4) is 11.5 Å². The molecule has 0 aromatic carbocycles. The second-order valence-corrected chi connectivity index (χ2v) is 7.13. The summed E-state index contributed by atoms with van der Waals surface area (Å²) < 4.78 is 5.32. The normalized spacial score (nSPS) is 14.1. The van der Waals surface area contributed by atoms with E-state index in [1.807, 2.05) is 18.4 Å². The Bertz CT molecular complexity index is 792. The van der Waals surface area contributed by atoms with Crippen LogP contribution in [0, 0.1) is 0 Å². The predicted octanol–water partition coefficient (Wildman–Crippen LogP) is 2.49. The highest BCUT2D eigenvalue weighted by atomic mass is 32.1. The Morgan fingerprint density at radius 2 is 2.08 bits per heavy atom. The van der Waals surface area contributed by atoms with Gasteiger partial charge in [-0.15, -0.1) is 11.3 Å². The van der Waals surface area contributed by atoms with E-state index in [9.17, 15) is 0 Å². The van der Waals surface area contributed by atoms with Gasteiger partial charge >= 0.3 is 0 Å². The highest BCUT2D eigenvalue weighted by molar-refractivity contribution is 7.11. The molecule has 0 unspecified atom stereocenters. The maximum Gasteiger partial charge on any atom is 0.241 e. The number of thiazole rings is 1. The fraction of sp³-hybridized carbons (Fsp3) is 0.438. The molecule has 0 saturated heterocycles. The fourth-order valence-corrected chi connectivity index (χ4v) is 4.07. The summed E-state index contributed by atoms with van der Waals surface area (Å²) in [6.45, 7) is 1.37. The summed E-state index contributed by atoms with van der Waals surface area (Å²) in [6.07, 6.45) is 9.71. The van der Waals surface area contributed by atoms with Gasteiger partial charge < -0.3 is 4.52 Å². The van der Waals surface area contributed by atoms with Crippen LogP contribution in [0.5, 0.6) is 0 Å². The van der Waals surface area contributed by atoms with Gasteiger partial charge in [-0.2, -0.15) is 4.98 Å². The molecule has 0 spiro atoms. The van der Waals surface area contributed by atoms with E-state index in [0.29, 0.717) is 24.0 Å². The van der Waals surface area contributed by atoms with Gasteiger partial charge in [-0.1, -0.05) is 5.16 Å². The Morgan fingerprint density at radius 3 is 2.92 bits per heavy atom. The van der Waals surface area contributed by atoms with Crippen molar-refractivity contribution in [3.63, 3.8) is 0 Å². The van der Waals surface area contributed by atoms with Crippen LogP contribution in [0.15, 0.2) is 23.1 Å². The third-order valence-corrected chi connectivity index (χ3v) is 5.10. The first kappa shape index (κ1) is 15.3. The molecule has 3 aromatic rings. The molecular weight excluding hydrogens is 324 g/mol. The van der Waals surface area contributed by atoms with E-state index in [2.05, 4.69) is 25.0 Å². The second kappa shape index (κ2) is 6.74. The van der Waals surface area contributed by atoms with Crippen molar-refractivity contribution < 1.29 is 4.52 Å². The van der Waals surface area contributed by atoms with Gasteiger partial charge in [-0.05, 0) is 32.7 Å². The van der Waals surface area contributed by atoms with E-state index in [-0.39, 0.29) is 0 Å². The molecule has 7 nitrogen and oxygen atoms in total. The third-order valence-electron chi connectivity index (χ3n) is 3.96. The summed E-state index contributed by atoms with van der Waals surface area (Å²) in [5, 5.41) is 5.14. The minimum Gasteiger partial charge on any atom is -0.337 e. The smallest absolute Gasteiger partial charge is 0.241 e. The van der Waals surface area contributed by atoms with Gasteiger partial charge in [0.2, 0.25) is 11.7 Å². The standard InChI is InChI=1S/C16H18N6OS/c1-22(10-15-19-11-4-2-3-5-13(11)24-15)9-14-20-16(21-23-14)12-8-17-6-7-18-12/h6-8H,2-5,9-10H2,1H3. The van der Waals surface area contributed by atoms with Crippen molar-refractivity contribution in [2.75, 3.05) is 7.05 Å². The van der Waals surface area contributed by atoms with Gasteiger partial charge in [0.25, 0.3) is 0 Å². The Kier molecular flexibility index (Phi) is 4.31. The Labute approximate surface area is 143 Å². The first-order chi connectivity index (χ1) is 11.8. The van der Waals surface area contributed by atoms with Crippen LogP contribution >= 0.6 is 11.3 Å². The molecule has 0 radical (unpaired) electrons. The topological polar surface area (TPSA) is 80.8 Å². The Balaban J connectivity index is 1.40. The molecule has 0 amide bonds. The molecule has 124 valence electrons. The number of aryl methyl sites for hydroxylation is 2. The number of fused-ring (bicyclic) bond motifs is 1. The second-order valence-electron chi connectivity index (χ2n) is 5.96. The first-order valence-corrected chi connectivity index (χ1v) is 8.84. The predicted molar refractivity (Wildman–Crippen MR) is 89.3 cm³/mol. The summed E-state index contributed by atoms with van der Waals surface area (Å²) in [7, 11) is 2.03. The molecule has 1 aliphatic rings. The highest BCUT2D eigenvalue weighted by Crippen LogP contribution is 2.27. The van der Waals surface area contributed by atoms with Crippen LogP contribution in [0.2, 0.25) is 0 Å². The first-order valence-electron chi connectivity index (χ1n) is 8.03. The molecule has 0 saturated carbocycles. The van der Waals surface area contributed by atoms with Crippen molar-refractivity contribution >= 4 is 11.3 Å². The van der Waals surface area contributed by atoms with Gasteiger partial charge in [0, 0.05) is 17.3 Å². The molecule has 8 heteroatoms. The fourth-order valence-electron chi connectivity index (χ4n) is 2.83. The van der Waals surface area contributed by atoms with Crippen LogP contribution in [-0.2, 0) is 25.9 Å². The summed E-state index contributed by atoms with van der Waals surface area (Å²) in [5.74, 6) is 1.04. The van der Waals surface area contributed by atoms with Crippen molar-refractivity contribution in [2.24, 2.45) is 0 Å². The maximum absolute atomic E-state index is 5.32. The van der Waals surface area contributed by atoms with Crippen LogP contribution in [0.1, 0.15) is 34.3 Å². The molecule has 3 aromatic heterocycles. The molecule has 1 aliphatic carbocycles. The lowest BCUT2D eigenvalue weighted by molar-refractivity contribution is 0.260. The van der Waals surface area contributed by atoms with Crippen LogP contribution in [0.4, 0.5) is 0 Å². The molecule has 0 bridgehead atoms. The summed E-state index contributed by atoms with van der Waals surface area (Å²) in [5.41, 5.74) is 1.92. The minimum absolute atomic E-state index is 0.469. The number of rotatable bonds is 5. The zero-order valence-electron chi connectivity index (χ0n) is 13.5.